The number of aromatic nitrogens is 1. The first kappa shape index (κ1) is 11.3. The Bertz CT molecular complexity index is 532. The first-order valence-electron chi connectivity index (χ1n) is 6.68. The minimum atomic E-state index is 0.400. The third-order valence-corrected chi connectivity index (χ3v) is 3.91. The predicted octanol–water partition coefficient (Wildman–Crippen LogP) is 3.93. The van der Waals surface area contributed by atoms with Crippen molar-refractivity contribution in [2.24, 2.45) is 11.1 Å². The van der Waals surface area contributed by atoms with Crippen molar-refractivity contribution in [3.63, 3.8) is 0 Å². The van der Waals surface area contributed by atoms with Crippen LogP contribution in [0, 0.1) is 5.92 Å². The van der Waals surface area contributed by atoms with Gasteiger partial charge in [-0.2, -0.15) is 0 Å². The van der Waals surface area contributed by atoms with Gasteiger partial charge in [-0.05, 0) is 25.0 Å². The van der Waals surface area contributed by atoms with Gasteiger partial charge in [-0.1, -0.05) is 42.6 Å². The van der Waals surface area contributed by atoms with Gasteiger partial charge in [-0.15, -0.1) is 0 Å². The Labute approximate surface area is 107 Å². The highest BCUT2D eigenvalue weighted by Crippen LogP contribution is 2.28. The number of aromatic amines is 1. The molecule has 1 aromatic carbocycles. The van der Waals surface area contributed by atoms with Crippen molar-refractivity contribution >= 4 is 16.6 Å². The molecular formula is C15H18N2O. The van der Waals surface area contributed by atoms with Crippen LogP contribution in [0.5, 0.6) is 0 Å². The zero-order chi connectivity index (χ0) is 12.4. The van der Waals surface area contributed by atoms with Crippen molar-refractivity contribution in [3.8, 4) is 0 Å². The molecule has 2 aromatic rings. The number of nitrogens with zero attached hydrogens (tertiary/aromatic N) is 1. The molecule has 3 nitrogen and oxygen atoms in total. The van der Waals surface area contributed by atoms with Gasteiger partial charge in [0.05, 0.1) is 5.69 Å². The van der Waals surface area contributed by atoms with E-state index in [0.717, 1.165) is 29.8 Å². The Hall–Kier alpha value is -1.77. The standard InChI is InChI=1S/C15H18N2O/c18-17-15(11-6-2-1-3-7-11)14-10-12-8-4-5-9-13(12)16-14/h4-5,8-11,16,18H,1-3,6-7H2/b17-15+. The number of H-pyrrole nitrogens is 1. The van der Waals surface area contributed by atoms with Crippen LogP contribution in [0.2, 0.25) is 0 Å². The number of oxime groups is 1. The van der Waals surface area contributed by atoms with Gasteiger partial charge in [0.1, 0.15) is 5.71 Å². The third kappa shape index (κ3) is 2.01. The molecule has 1 aromatic heterocycles. The molecule has 0 saturated heterocycles. The first-order chi connectivity index (χ1) is 8.88. The molecule has 2 N–H and O–H groups in total. The molecule has 0 bridgehead atoms. The molecule has 3 rings (SSSR count). The van der Waals surface area contributed by atoms with E-state index in [4.69, 9.17) is 0 Å². The lowest BCUT2D eigenvalue weighted by molar-refractivity contribution is 0.310. The Kier molecular flexibility index (Phi) is 3.05. The smallest absolute Gasteiger partial charge is 0.106 e. The predicted molar refractivity (Wildman–Crippen MR) is 73.2 cm³/mol. The van der Waals surface area contributed by atoms with Crippen molar-refractivity contribution in [2.45, 2.75) is 32.1 Å². The van der Waals surface area contributed by atoms with Gasteiger partial charge in [0.15, 0.2) is 0 Å². The average molecular weight is 242 g/mol. The number of para-hydroxylation sites is 1. The van der Waals surface area contributed by atoms with E-state index in [-0.39, 0.29) is 0 Å². The van der Waals surface area contributed by atoms with Crippen LogP contribution in [-0.2, 0) is 0 Å². The molecule has 0 unspecified atom stereocenters. The molecule has 0 amide bonds. The molecule has 1 fully saturated rings. The van der Waals surface area contributed by atoms with Gasteiger partial charge in [0.2, 0.25) is 0 Å². The van der Waals surface area contributed by atoms with Crippen LogP contribution in [0.3, 0.4) is 0 Å². The van der Waals surface area contributed by atoms with Crippen LogP contribution < -0.4 is 0 Å². The molecule has 1 heterocycles. The summed E-state index contributed by atoms with van der Waals surface area (Å²) in [6, 6.07) is 10.2. The van der Waals surface area contributed by atoms with Crippen LogP contribution in [0.4, 0.5) is 0 Å². The van der Waals surface area contributed by atoms with Gasteiger partial charge in [-0.25, -0.2) is 0 Å². The van der Waals surface area contributed by atoms with Gasteiger partial charge in [0, 0.05) is 16.8 Å². The Balaban J connectivity index is 1.95. The largest absolute Gasteiger partial charge is 0.411 e. The fourth-order valence-corrected chi connectivity index (χ4v) is 2.94. The number of rotatable bonds is 2. The highest BCUT2D eigenvalue weighted by atomic mass is 16.4. The monoisotopic (exact) mass is 242 g/mol. The number of fused-ring (bicyclic) bond motifs is 1. The SMILES string of the molecule is O/N=C(/c1cc2ccccc2[nH]1)C1CCCCC1. The third-order valence-electron chi connectivity index (χ3n) is 3.91. The lowest BCUT2D eigenvalue weighted by Gasteiger charge is -2.21. The summed E-state index contributed by atoms with van der Waals surface area (Å²) >= 11 is 0. The quantitative estimate of drug-likeness (QED) is 0.468. The second kappa shape index (κ2) is 4.84. The molecule has 3 heteroatoms. The summed E-state index contributed by atoms with van der Waals surface area (Å²) in [6.07, 6.45) is 6.05. The fraction of sp³-hybridized carbons (Fsp3) is 0.400. The van der Waals surface area contributed by atoms with Crippen LogP contribution >= 0.6 is 0 Å². The minimum Gasteiger partial charge on any atom is -0.411 e. The number of hydrogen-bond donors (Lipinski definition) is 2. The summed E-state index contributed by atoms with van der Waals surface area (Å²) in [5, 5.41) is 14.1. The topological polar surface area (TPSA) is 48.4 Å². The van der Waals surface area contributed by atoms with E-state index in [1.54, 1.807) is 0 Å². The van der Waals surface area contributed by atoms with E-state index in [0.29, 0.717) is 5.92 Å². The van der Waals surface area contributed by atoms with Crippen LogP contribution in [-0.4, -0.2) is 15.9 Å². The van der Waals surface area contributed by atoms with Crippen molar-refractivity contribution in [2.75, 3.05) is 0 Å². The average Bonchev–Trinajstić information content (AvgIpc) is 2.84. The zero-order valence-corrected chi connectivity index (χ0v) is 10.4. The molecular weight excluding hydrogens is 224 g/mol. The summed E-state index contributed by atoms with van der Waals surface area (Å²) in [5.74, 6) is 0.400. The Morgan fingerprint density at radius 1 is 1.17 bits per heavy atom. The molecule has 0 radical (unpaired) electrons. The lowest BCUT2D eigenvalue weighted by Crippen LogP contribution is -2.19. The molecule has 94 valence electrons. The van der Waals surface area contributed by atoms with Gasteiger partial charge in [0.25, 0.3) is 0 Å². The molecule has 1 aliphatic rings. The van der Waals surface area contributed by atoms with Crippen LogP contribution in [0.15, 0.2) is 35.5 Å². The van der Waals surface area contributed by atoms with Gasteiger partial charge in [-0.3, -0.25) is 0 Å². The summed E-state index contributed by atoms with van der Waals surface area (Å²) in [6.45, 7) is 0. The van der Waals surface area contributed by atoms with E-state index in [1.165, 1.54) is 24.6 Å². The summed E-state index contributed by atoms with van der Waals surface area (Å²) < 4.78 is 0. The fourth-order valence-electron chi connectivity index (χ4n) is 2.94. The van der Waals surface area contributed by atoms with Crippen molar-refractivity contribution in [3.05, 3.63) is 36.0 Å². The van der Waals surface area contributed by atoms with Crippen LogP contribution in [0.1, 0.15) is 37.8 Å². The maximum atomic E-state index is 9.32. The molecule has 1 aliphatic carbocycles. The van der Waals surface area contributed by atoms with Crippen molar-refractivity contribution in [1.29, 1.82) is 0 Å². The van der Waals surface area contributed by atoms with Gasteiger partial charge < -0.3 is 10.2 Å². The summed E-state index contributed by atoms with van der Waals surface area (Å²) in [7, 11) is 0. The second-order valence-electron chi connectivity index (χ2n) is 5.09. The maximum absolute atomic E-state index is 9.32. The highest BCUT2D eigenvalue weighted by Gasteiger charge is 2.22. The zero-order valence-electron chi connectivity index (χ0n) is 10.4. The lowest BCUT2D eigenvalue weighted by atomic mass is 9.85. The molecule has 0 aliphatic heterocycles. The second-order valence-corrected chi connectivity index (χ2v) is 5.09. The Morgan fingerprint density at radius 2 is 1.94 bits per heavy atom. The highest BCUT2D eigenvalue weighted by molar-refractivity contribution is 6.04. The van der Waals surface area contributed by atoms with E-state index >= 15 is 0 Å². The maximum Gasteiger partial charge on any atom is 0.106 e. The number of hydrogen-bond acceptors (Lipinski definition) is 2. The van der Waals surface area contributed by atoms with E-state index in [1.807, 2.05) is 12.1 Å². The number of nitrogens with one attached hydrogen (secondary N) is 1. The van der Waals surface area contributed by atoms with E-state index < -0.39 is 0 Å². The van der Waals surface area contributed by atoms with Crippen molar-refractivity contribution < 1.29 is 5.21 Å². The summed E-state index contributed by atoms with van der Waals surface area (Å²) in [4.78, 5) is 3.35. The van der Waals surface area contributed by atoms with Crippen molar-refractivity contribution in [1.82, 2.24) is 4.98 Å². The molecule has 1 saturated carbocycles. The number of benzene rings is 1. The van der Waals surface area contributed by atoms with E-state index in [9.17, 15) is 5.21 Å². The molecule has 0 spiro atoms. The van der Waals surface area contributed by atoms with E-state index in [2.05, 4.69) is 28.3 Å². The van der Waals surface area contributed by atoms with Gasteiger partial charge >= 0.3 is 0 Å². The Morgan fingerprint density at radius 3 is 2.67 bits per heavy atom. The first-order valence-corrected chi connectivity index (χ1v) is 6.68. The normalized spacial score (nSPS) is 18.3. The molecule has 18 heavy (non-hydrogen) atoms. The van der Waals surface area contributed by atoms with Crippen LogP contribution in [0.25, 0.3) is 10.9 Å². The summed E-state index contributed by atoms with van der Waals surface area (Å²) in [5.41, 5.74) is 2.89. The minimum absolute atomic E-state index is 0.400. The molecule has 0 atom stereocenters.